The lowest BCUT2D eigenvalue weighted by atomic mass is 9.96. The number of carbonyl (C=O) groups excluding carboxylic acids is 1. The number of Topliss-reactive ketones (excluding diaryl/α,β-unsaturated/α-hetero) is 1. The highest BCUT2D eigenvalue weighted by Crippen LogP contribution is 2.32. The van der Waals surface area contributed by atoms with Gasteiger partial charge in [-0.05, 0) is 35.4 Å². The fourth-order valence-corrected chi connectivity index (χ4v) is 2.34. The summed E-state index contributed by atoms with van der Waals surface area (Å²) in [6, 6.07) is 10.1. The summed E-state index contributed by atoms with van der Waals surface area (Å²) in [7, 11) is 4.56. The first-order chi connectivity index (χ1) is 11.5. The van der Waals surface area contributed by atoms with E-state index in [0.29, 0.717) is 39.5 Å². The third-order valence-electron chi connectivity index (χ3n) is 3.70. The Morgan fingerprint density at radius 1 is 0.958 bits per heavy atom. The Balaban J connectivity index is 2.38. The van der Waals surface area contributed by atoms with Gasteiger partial charge in [0.15, 0.2) is 17.3 Å². The highest BCUT2D eigenvalue weighted by atomic mass is 16.5. The van der Waals surface area contributed by atoms with E-state index in [9.17, 15) is 9.90 Å². The van der Waals surface area contributed by atoms with E-state index in [2.05, 4.69) is 6.58 Å². The largest absolute Gasteiger partial charge is 0.496 e. The smallest absolute Gasteiger partial charge is 0.196 e. The molecule has 0 fully saturated rings. The molecule has 126 valence electrons. The molecule has 1 N–H and O–H groups in total. The molecular formula is C19H20O5. The van der Waals surface area contributed by atoms with Crippen molar-refractivity contribution in [3.8, 4) is 17.2 Å². The molecule has 0 aliphatic heterocycles. The molecule has 0 saturated carbocycles. The molecule has 0 bridgehead atoms. The first-order valence-corrected chi connectivity index (χ1v) is 7.29. The molecule has 5 heteroatoms. The van der Waals surface area contributed by atoms with Gasteiger partial charge in [-0.15, -0.1) is 0 Å². The minimum Gasteiger partial charge on any atom is -0.496 e. The van der Waals surface area contributed by atoms with Gasteiger partial charge >= 0.3 is 0 Å². The van der Waals surface area contributed by atoms with Crippen LogP contribution in [0.2, 0.25) is 0 Å². The second kappa shape index (κ2) is 7.66. The summed E-state index contributed by atoms with van der Waals surface area (Å²) in [5, 5.41) is 9.20. The Labute approximate surface area is 141 Å². The number of methoxy groups -OCH3 is 3. The predicted octanol–water partition coefficient (Wildman–Crippen LogP) is 3.10. The number of aliphatic hydroxyl groups excluding tert-OH is 1. The average molecular weight is 328 g/mol. The van der Waals surface area contributed by atoms with Gasteiger partial charge in [-0.25, -0.2) is 0 Å². The van der Waals surface area contributed by atoms with Gasteiger partial charge in [0.1, 0.15) is 5.75 Å². The first-order valence-electron chi connectivity index (χ1n) is 7.29. The second-order valence-corrected chi connectivity index (χ2v) is 5.07. The van der Waals surface area contributed by atoms with Crippen molar-refractivity contribution in [1.82, 2.24) is 0 Å². The zero-order valence-corrected chi connectivity index (χ0v) is 14.0. The van der Waals surface area contributed by atoms with Gasteiger partial charge in [0.05, 0.1) is 33.5 Å². The number of hydrogen-bond acceptors (Lipinski definition) is 5. The SMILES string of the molecule is C=C(C(=O)c1ccc(CO)cc1OC)c1ccc(OC)c(OC)c1. The van der Waals surface area contributed by atoms with Gasteiger partial charge in [-0.2, -0.15) is 0 Å². The molecule has 0 unspecified atom stereocenters. The van der Waals surface area contributed by atoms with Crippen molar-refractivity contribution in [2.45, 2.75) is 6.61 Å². The lowest BCUT2D eigenvalue weighted by molar-refractivity contribution is 0.105. The molecular weight excluding hydrogens is 308 g/mol. The van der Waals surface area contributed by atoms with Crippen molar-refractivity contribution in [1.29, 1.82) is 0 Å². The van der Waals surface area contributed by atoms with Gasteiger partial charge in [-0.3, -0.25) is 4.79 Å². The summed E-state index contributed by atoms with van der Waals surface area (Å²) < 4.78 is 15.7. The van der Waals surface area contributed by atoms with E-state index in [1.807, 2.05) is 0 Å². The maximum atomic E-state index is 12.8. The molecule has 0 amide bonds. The molecule has 5 nitrogen and oxygen atoms in total. The molecule has 24 heavy (non-hydrogen) atoms. The molecule has 0 heterocycles. The third-order valence-corrected chi connectivity index (χ3v) is 3.70. The molecule has 0 aliphatic rings. The summed E-state index contributed by atoms with van der Waals surface area (Å²) in [4.78, 5) is 12.8. The highest BCUT2D eigenvalue weighted by molar-refractivity contribution is 6.29. The molecule has 0 spiro atoms. The molecule has 0 radical (unpaired) electrons. The summed E-state index contributed by atoms with van der Waals surface area (Å²) in [5.41, 5.74) is 1.99. The van der Waals surface area contributed by atoms with Gasteiger partial charge < -0.3 is 19.3 Å². The van der Waals surface area contributed by atoms with E-state index in [1.165, 1.54) is 14.2 Å². The minimum atomic E-state index is -0.261. The van der Waals surface area contributed by atoms with Crippen LogP contribution in [0.4, 0.5) is 0 Å². The minimum absolute atomic E-state index is 0.124. The Bertz CT molecular complexity index is 764. The van der Waals surface area contributed by atoms with Crippen LogP contribution in [0.1, 0.15) is 21.5 Å². The lowest BCUT2D eigenvalue weighted by Crippen LogP contribution is -2.05. The van der Waals surface area contributed by atoms with Gasteiger partial charge in [-0.1, -0.05) is 18.7 Å². The van der Waals surface area contributed by atoms with E-state index in [-0.39, 0.29) is 12.4 Å². The van der Waals surface area contributed by atoms with Crippen LogP contribution in [0.3, 0.4) is 0 Å². The van der Waals surface area contributed by atoms with Crippen LogP contribution >= 0.6 is 0 Å². The first kappa shape index (κ1) is 17.6. The van der Waals surface area contributed by atoms with Crippen molar-refractivity contribution in [2.24, 2.45) is 0 Å². The number of allylic oxidation sites excluding steroid dienone is 1. The fourth-order valence-electron chi connectivity index (χ4n) is 2.34. The summed E-state index contributed by atoms with van der Waals surface area (Å²) in [6.45, 7) is 3.78. The normalized spacial score (nSPS) is 10.2. The second-order valence-electron chi connectivity index (χ2n) is 5.07. The van der Waals surface area contributed by atoms with E-state index in [0.717, 1.165) is 0 Å². The number of aliphatic hydroxyl groups is 1. The zero-order chi connectivity index (χ0) is 17.7. The van der Waals surface area contributed by atoms with Crippen LogP contribution in [0, 0.1) is 0 Å². The summed E-state index contributed by atoms with van der Waals surface area (Å²) in [5.74, 6) is 1.23. The molecule has 0 aromatic heterocycles. The maximum absolute atomic E-state index is 12.8. The van der Waals surface area contributed by atoms with Crippen molar-refractivity contribution in [2.75, 3.05) is 21.3 Å². The number of benzene rings is 2. The maximum Gasteiger partial charge on any atom is 0.196 e. The number of ketones is 1. The zero-order valence-electron chi connectivity index (χ0n) is 14.0. The molecule has 0 atom stereocenters. The van der Waals surface area contributed by atoms with Crippen molar-refractivity contribution < 1.29 is 24.1 Å². The van der Waals surface area contributed by atoms with E-state index < -0.39 is 0 Å². The molecule has 2 aromatic rings. The predicted molar refractivity (Wildman–Crippen MR) is 91.8 cm³/mol. The summed E-state index contributed by atoms with van der Waals surface area (Å²) >= 11 is 0. The summed E-state index contributed by atoms with van der Waals surface area (Å²) in [6.07, 6.45) is 0. The van der Waals surface area contributed by atoms with Crippen molar-refractivity contribution >= 4 is 11.4 Å². The van der Waals surface area contributed by atoms with Gasteiger partial charge in [0, 0.05) is 5.57 Å². The Morgan fingerprint density at radius 3 is 2.21 bits per heavy atom. The van der Waals surface area contributed by atoms with E-state index in [4.69, 9.17) is 14.2 Å². The molecule has 0 saturated heterocycles. The standard InChI is InChI=1S/C19H20O5/c1-12(14-6-8-16(22-2)18(10-14)24-4)19(21)15-7-5-13(11-20)9-17(15)23-3/h5-10,20H,1,11H2,2-4H3. The number of rotatable bonds is 7. The van der Waals surface area contributed by atoms with Crippen LogP contribution < -0.4 is 14.2 Å². The van der Waals surface area contributed by atoms with Crippen LogP contribution in [-0.4, -0.2) is 32.2 Å². The number of hydrogen-bond donors (Lipinski definition) is 1. The fraction of sp³-hybridized carbons (Fsp3) is 0.211. The van der Waals surface area contributed by atoms with Crippen LogP contribution in [0.15, 0.2) is 43.0 Å². The lowest BCUT2D eigenvalue weighted by Gasteiger charge is -2.13. The molecule has 2 rings (SSSR count). The Morgan fingerprint density at radius 2 is 1.62 bits per heavy atom. The monoisotopic (exact) mass is 328 g/mol. The molecule has 0 aliphatic carbocycles. The van der Waals surface area contributed by atoms with E-state index >= 15 is 0 Å². The third kappa shape index (κ3) is 3.41. The van der Waals surface area contributed by atoms with Crippen LogP contribution in [0.25, 0.3) is 5.57 Å². The van der Waals surface area contributed by atoms with Crippen LogP contribution in [-0.2, 0) is 6.61 Å². The quantitative estimate of drug-likeness (QED) is 0.625. The van der Waals surface area contributed by atoms with Crippen molar-refractivity contribution in [3.05, 3.63) is 59.7 Å². The Kier molecular flexibility index (Phi) is 5.60. The van der Waals surface area contributed by atoms with Gasteiger partial charge in [0.25, 0.3) is 0 Å². The average Bonchev–Trinajstić information content (AvgIpc) is 2.65. The van der Waals surface area contributed by atoms with Crippen molar-refractivity contribution in [3.63, 3.8) is 0 Å². The van der Waals surface area contributed by atoms with Crippen LogP contribution in [0.5, 0.6) is 17.2 Å². The topological polar surface area (TPSA) is 65.0 Å². The Hall–Kier alpha value is -2.79. The molecule has 2 aromatic carbocycles. The highest BCUT2D eigenvalue weighted by Gasteiger charge is 2.18. The number of carbonyl (C=O) groups is 1. The van der Waals surface area contributed by atoms with Gasteiger partial charge in [0.2, 0.25) is 0 Å². The van der Waals surface area contributed by atoms with E-state index in [1.54, 1.807) is 43.5 Å². The number of ether oxygens (including phenoxy) is 3.